The van der Waals surface area contributed by atoms with Crippen molar-refractivity contribution in [2.45, 2.75) is 32.4 Å². The average molecular weight is 413 g/mol. The summed E-state index contributed by atoms with van der Waals surface area (Å²) in [4.78, 5) is 0. The number of hydrogen-bond donors (Lipinski definition) is 1. The van der Waals surface area contributed by atoms with Crippen LogP contribution in [0.4, 0.5) is 0 Å². The second-order valence-electron chi connectivity index (χ2n) is 5.17. The molecule has 2 rings (SSSR count). The van der Waals surface area contributed by atoms with E-state index in [9.17, 15) is 4.21 Å². The molecule has 0 radical (unpaired) electrons. The lowest BCUT2D eigenvalue weighted by atomic mass is 10.2. The SMILES string of the molecule is C=C[C@H](NS(=O)CCCC)c1onc(OCc2ccccc2)c1Br. The summed E-state index contributed by atoms with van der Waals surface area (Å²) in [6, 6.07) is 9.39. The Morgan fingerprint density at radius 3 is 2.88 bits per heavy atom. The molecule has 0 fully saturated rings. The van der Waals surface area contributed by atoms with Crippen LogP contribution >= 0.6 is 15.9 Å². The van der Waals surface area contributed by atoms with Crippen LogP contribution in [0.5, 0.6) is 5.88 Å². The van der Waals surface area contributed by atoms with Crippen molar-refractivity contribution in [1.82, 2.24) is 9.88 Å². The maximum Gasteiger partial charge on any atom is 0.269 e. The number of benzene rings is 1. The van der Waals surface area contributed by atoms with Crippen molar-refractivity contribution < 1.29 is 13.5 Å². The largest absolute Gasteiger partial charge is 0.470 e. The van der Waals surface area contributed by atoms with Crippen LogP contribution in [0.2, 0.25) is 0 Å². The number of unbranched alkanes of at least 4 members (excludes halogenated alkanes) is 1. The van der Waals surface area contributed by atoms with Crippen molar-refractivity contribution in [2.24, 2.45) is 0 Å². The molecule has 130 valence electrons. The summed E-state index contributed by atoms with van der Waals surface area (Å²) in [6.07, 6.45) is 3.53. The first-order chi connectivity index (χ1) is 11.7. The predicted octanol–water partition coefficient (Wildman–Crippen LogP) is 4.30. The van der Waals surface area contributed by atoms with Crippen LogP contribution in [-0.2, 0) is 17.6 Å². The van der Waals surface area contributed by atoms with E-state index in [1.165, 1.54) is 0 Å². The minimum Gasteiger partial charge on any atom is -0.470 e. The van der Waals surface area contributed by atoms with Gasteiger partial charge in [0.15, 0.2) is 5.76 Å². The molecule has 1 unspecified atom stereocenters. The summed E-state index contributed by atoms with van der Waals surface area (Å²) >= 11 is 3.44. The van der Waals surface area contributed by atoms with Gasteiger partial charge in [-0.25, -0.2) is 8.93 Å². The molecule has 24 heavy (non-hydrogen) atoms. The molecular weight excluding hydrogens is 392 g/mol. The quantitative estimate of drug-likeness (QED) is 0.590. The highest BCUT2D eigenvalue weighted by molar-refractivity contribution is 9.10. The smallest absolute Gasteiger partial charge is 0.269 e. The highest BCUT2D eigenvalue weighted by atomic mass is 79.9. The van der Waals surface area contributed by atoms with E-state index in [1.54, 1.807) is 6.08 Å². The van der Waals surface area contributed by atoms with Crippen molar-refractivity contribution >= 4 is 26.9 Å². The third kappa shape index (κ3) is 5.29. The first-order valence-corrected chi connectivity index (χ1v) is 9.85. The van der Waals surface area contributed by atoms with Crippen LogP contribution in [0.15, 0.2) is 52.0 Å². The Labute approximate surface area is 153 Å². The van der Waals surface area contributed by atoms with Gasteiger partial charge in [-0.1, -0.05) is 49.8 Å². The summed E-state index contributed by atoms with van der Waals surface area (Å²) in [5, 5.41) is 3.94. The molecule has 1 heterocycles. The fourth-order valence-electron chi connectivity index (χ4n) is 1.97. The molecule has 2 atom stereocenters. The Balaban J connectivity index is 2.01. The Morgan fingerprint density at radius 1 is 1.46 bits per heavy atom. The second kappa shape index (κ2) is 9.76. The molecule has 0 saturated heterocycles. The van der Waals surface area contributed by atoms with E-state index in [2.05, 4.69) is 39.3 Å². The van der Waals surface area contributed by atoms with E-state index in [4.69, 9.17) is 9.26 Å². The normalized spacial score (nSPS) is 13.4. The highest BCUT2D eigenvalue weighted by Gasteiger charge is 2.23. The fraction of sp³-hybridized carbons (Fsp3) is 0.353. The monoisotopic (exact) mass is 412 g/mol. The number of nitrogens with one attached hydrogen (secondary N) is 1. The lowest BCUT2D eigenvalue weighted by Crippen LogP contribution is -2.24. The van der Waals surface area contributed by atoms with Crippen molar-refractivity contribution in [3.63, 3.8) is 0 Å². The fourth-order valence-corrected chi connectivity index (χ4v) is 3.63. The minimum absolute atomic E-state index is 0.363. The predicted molar refractivity (Wildman–Crippen MR) is 99.0 cm³/mol. The zero-order valence-corrected chi connectivity index (χ0v) is 15.9. The molecule has 1 aromatic heterocycles. The van der Waals surface area contributed by atoms with E-state index in [0.717, 1.165) is 18.4 Å². The van der Waals surface area contributed by atoms with Crippen LogP contribution in [0, 0.1) is 0 Å². The maximum absolute atomic E-state index is 12.0. The lowest BCUT2D eigenvalue weighted by Gasteiger charge is -2.11. The van der Waals surface area contributed by atoms with Crippen LogP contribution in [0.1, 0.15) is 37.1 Å². The molecule has 1 N–H and O–H groups in total. The molecule has 1 aromatic carbocycles. The molecular formula is C17H21BrN2O3S. The van der Waals surface area contributed by atoms with Gasteiger partial charge in [0.05, 0.1) is 17.0 Å². The van der Waals surface area contributed by atoms with Gasteiger partial charge < -0.3 is 9.26 Å². The van der Waals surface area contributed by atoms with Crippen molar-refractivity contribution in [1.29, 1.82) is 0 Å². The first-order valence-electron chi connectivity index (χ1n) is 7.74. The van der Waals surface area contributed by atoms with Crippen LogP contribution in [0.25, 0.3) is 0 Å². The van der Waals surface area contributed by atoms with Gasteiger partial charge in [0.1, 0.15) is 11.1 Å². The van der Waals surface area contributed by atoms with Gasteiger partial charge >= 0.3 is 0 Å². The second-order valence-corrected chi connectivity index (χ2v) is 7.30. The number of ether oxygens (including phenoxy) is 1. The molecule has 0 aliphatic rings. The molecule has 0 amide bonds. The number of aromatic nitrogens is 1. The van der Waals surface area contributed by atoms with Gasteiger partial charge in [-0.05, 0) is 33.1 Å². The zero-order chi connectivity index (χ0) is 17.4. The molecule has 7 heteroatoms. The molecule has 0 spiro atoms. The number of halogens is 1. The van der Waals surface area contributed by atoms with Gasteiger partial charge in [0.25, 0.3) is 5.88 Å². The average Bonchev–Trinajstić information content (AvgIpc) is 2.97. The Hall–Kier alpha value is -1.44. The van der Waals surface area contributed by atoms with E-state index in [0.29, 0.717) is 28.5 Å². The molecule has 0 bridgehead atoms. The summed E-state index contributed by atoms with van der Waals surface area (Å²) in [7, 11) is -1.15. The van der Waals surface area contributed by atoms with E-state index in [-0.39, 0.29) is 0 Å². The van der Waals surface area contributed by atoms with Crippen molar-refractivity contribution in [3.8, 4) is 5.88 Å². The Kier molecular flexibility index (Phi) is 7.68. The molecule has 0 aliphatic carbocycles. The van der Waals surface area contributed by atoms with Gasteiger partial charge in [-0.2, -0.15) is 0 Å². The Morgan fingerprint density at radius 2 is 2.21 bits per heavy atom. The molecule has 0 saturated carbocycles. The summed E-state index contributed by atoms with van der Waals surface area (Å²) < 4.78 is 26.6. The standard InChI is InChI=1S/C17H21BrN2O3S/c1-3-5-11-24(21)20-14(4-2)16-15(18)17(19-23-16)22-12-13-9-7-6-8-10-13/h4,6-10,14,20H,2-3,5,11-12H2,1H3/t14-,24?/m0/s1. The van der Waals surface area contributed by atoms with Gasteiger partial charge in [0.2, 0.25) is 0 Å². The van der Waals surface area contributed by atoms with Gasteiger partial charge in [-0.3, -0.25) is 0 Å². The summed E-state index contributed by atoms with van der Waals surface area (Å²) in [6.45, 7) is 6.22. The van der Waals surface area contributed by atoms with Crippen molar-refractivity contribution in [2.75, 3.05) is 5.75 Å². The molecule has 2 aromatic rings. The van der Waals surface area contributed by atoms with Crippen LogP contribution in [-0.4, -0.2) is 15.1 Å². The van der Waals surface area contributed by atoms with Gasteiger partial charge in [0, 0.05) is 5.75 Å². The minimum atomic E-state index is -1.15. The number of rotatable bonds is 10. The van der Waals surface area contributed by atoms with E-state index in [1.807, 2.05) is 30.3 Å². The zero-order valence-electron chi connectivity index (χ0n) is 13.5. The van der Waals surface area contributed by atoms with E-state index < -0.39 is 17.0 Å². The molecule has 5 nitrogen and oxygen atoms in total. The summed E-state index contributed by atoms with van der Waals surface area (Å²) in [5.41, 5.74) is 1.04. The highest BCUT2D eigenvalue weighted by Crippen LogP contribution is 2.33. The number of nitrogens with zero attached hydrogens (tertiary/aromatic N) is 1. The lowest BCUT2D eigenvalue weighted by molar-refractivity contribution is 0.264. The third-order valence-corrected chi connectivity index (χ3v) is 5.22. The third-order valence-electron chi connectivity index (χ3n) is 3.31. The van der Waals surface area contributed by atoms with Crippen LogP contribution < -0.4 is 9.46 Å². The first kappa shape index (κ1) is 18.9. The Bertz CT molecular complexity index is 676. The van der Waals surface area contributed by atoms with Crippen LogP contribution in [0.3, 0.4) is 0 Å². The van der Waals surface area contributed by atoms with E-state index >= 15 is 0 Å². The summed E-state index contributed by atoms with van der Waals surface area (Å²) in [5.74, 6) is 1.45. The van der Waals surface area contributed by atoms with Gasteiger partial charge in [-0.15, -0.1) is 6.58 Å². The topological polar surface area (TPSA) is 64.4 Å². The van der Waals surface area contributed by atoms with Crippen molar-refractivity contribution in [3.05, 3.63) is 58.8 Å². The maximum atomic E-state index is 12.0. The molecule has 0 aliphatic heterocycles. The number of hydrogen-bond acceptors (Lipinski definition) is 4.